The van der Waals surface area contributed by atoms with Crippen molar-refractivity contribution >= 4 is 0 Å². The Morgan fingerprint density at radius 3 is 1.93 bits per heavy atom. The van der Waals surface area contributed by atoms with E-state index in [4.69, 9.17) is 15.0 Å². The van der Waals surface area contributed by atoms with Gasteiger partial charge in [-0.15, -0.1) is 0 Å². The molecule has 54 heavy (non-hydrogen) atoms. The highest BCUT2D eigenvalue weighted by Gasteiger charge is 2.66. The van der Waals surface area contributed by atoms with E-state index in [0.29, 0.717) is 23.5 Å². The van der Waals surface area contributed by atoms with Gasteiger partial charge in [-0.3, -0.25) is 0 Å². The van der Waals surface area contributed by atoms with Crippen molar-refractivity contribution in [1.82, 2.24) is 15.0 Å². The molecule has 1 heterocycles. The molecule has 0 N–H and O–H groups in total. The van der Waals surface area contributed by atoms with Crippen LogP contribution in [-0.2, 0) is 10.8 Å². The van der Waals surface area contributed by atoms with E-state index < -0.39 is 0 Å². The smallest absolute Gasteiger partial charge is 0.164 e. The average Bonchev–Trinajstić information content (AvgIpc) is 3.85. The molecule has 0 aliphatic heterocycles. The first-order chi connectivity index (χ1) is 26.5. The molecular formula is C51H41N3. The van der Waals surface area contributed by atoms with Gasteiger partial charge < -0.3 is 0 Å². The molecule has 3 nitrogen and oxygen atoms in total. The topological polar surface area (TPSA) is 38.7 Å². The minimum atomic E-state index is -0.0571. The van der Waals surface area contributed by atoms with Crippen LogP contribution in [0.1, 0.15) is 61.8 Å². The summed E-state index contributed by atoms with van der Waals surface area (Å²) in [6.45, 7) is 4.69. The Morgan fingerprint density at radius 2 is 1.07 bits per heavy atom. The summed E-state index contributed by atoms with van der Waals surface area (Å²) in [4.78, 5) is 16.1. The number of nitrogens with zero attached hydrogens (tertiary/aromatic N) is 3. The fourth-order valence-corrected chi connectivity index (χ4v) is 12.4. The van der Waals surface area contributed by atoms with Gasteiger partial charge in [0.2, 0.25) is 0 Å². The molecule has 13 rings (SSSR count). The zero-order valence-electron chi connectivity index (χ0n) is 30.8. The van der Waals surface area contributed by atoms with Crippen LogP contribution in [0.15, 0.2) is 140 Å². The second-order valence-corrected chi connectivity index (χ2v) is 17.2. The van der Waals surface area contributed by atoms with Gasteiger partial charge in [0.1, 0.15) is 0 Å². The molecule has 6 aliphatic rings. The van der Waals surface area contributed by atoms with E-state index in [9.17, 15) is 0 Å². The van der Waals surface area contributed by atoms with Gasteiger partial charge in [0, 0.05) is 27.5 Å². The van der Waals surface area contributed by atoms with Crippen molar-refractivity contribution in [2.24, 2.45) is 23.7 Å². The lowest BCUT2D eigenvalue weighted by Gasteiger charge is -2.44. The number of hydrogen-bond acceptors (Lipinski definition) is 3. The summed E-state index contributed by atoms with van der Waals surface area (Å²) in [5.41, 5.74) is 16.8. The molecule has 0 radical (unpaired) electrons. The third-order valence-corrected chi connectivity index (χ3v) is 14.3. The van der Waals surface area contributed by atoms with E-state index >= 15 is 0 Å². The summed E-state index contributed by atoms with van der Waals surface area (Å²) in [6.07, 6.45) is 5.43. The molecule has 3 heteroatoms. The molecule has 4 saturated carbocycles. The van der Waals surface area contributed by atoms with Gasteiger partial charge in [-0.2, -0.15) is 0 Å². The normalized spacial score (nSPS) is 24.4. The van der Waals surface area contributed by atoms with Crippen LogP contribution in [0.3, 0.4) is 0 Å². The second kappa shape index (κ2) is 10.9. The number of fused-ring (bicyclic) bond motifs is 6. The molecule has 7 aromatic rings. The van der Waals surface area contributed by atoms with Crippen LogP contribution < -0.4 is 0 Å². The van der Waals surface area contributed by atoms with Crippen molar-refractivity contribution in [3.05, 3.63) is 162 Å². The second-order valence-electron chi connectivity index (χ2n) is 17.2. The lowest BCUT2D eigenvalue weighted by atomic mass is 9.58. The maximum atomic E-state index is 5.46. The maximum Gasteiger partial charge on any atom is 0.164 e. The monoisotopic (exact) mass is 695 g/mol. The zero-order chi connectivity index (χ0) is 35.8. The molecule has 1 spiro atoms. The summed E-state index contributed by atoms with van der Waals surface area (Å²) >= 11 is 0. The summed E-state index contributed by atoms with van der Waals surface area (Å²) in [5, 5.41) is 0. The van der Waals surface area contributed by atoms with Crippen LogP contribution >= 0.6 is 0 Å². The Hall–Kier alpha value is -5.67. The minimum absolute atomic E-state index is 0.0254. The molecule has 1 aromatic heterocycles. The predicted octanol–water partition coefficient (Wildman–Crippen LogP) is 12.2. The molecular weight excluding hydrogens is 655 g/mol. The number of aromatic nitrogens is 3. The molecule has 5 atom stereocenters. The third kappa shape index (κ3) is 4.00. The third-order valence-electron chi connectivity index (χ3n) is 14.3. The molecule has 0 saturated heterocycles. The van der Waals surface area contributed by atoms with E-state index in [1.165, 1.54) is 81.3 Å². The van der Waals surface area contributed by atoms with E-state index in [0.717, 1.165) is 28.8 Å². The van der Waals surface area contributed by atoms with Crippen molar-refractivity contribution in [3.63, 3.8) is 0 Å². The van der Waals surface area contributed by atoms with Gasteiger partial charge in [-0.25, -0.2) is 15.0 Å². The highest BCUT2D eigenvalue weighted by molar-refractivity contribution is 5.93. The van der Waals surface area contributed by atoms with Gasteiger partial charge in [0.25, 0.3) is 0 Å². The Kier molecular flexibility index (Phi) is 6.24. The molecule has 0 amide bonds. The summed E-state index contributed by atoms with van der Waals surface area (Å²) < 4.78 is 0. The van der Waals surface area contributed by atoms with Gasteiger partial charge in [0.15, 0.2) is 17.5 Å². The zero-order valence-corrected chi connectivity index (χ0v) is 30.8. The van der Waals surface area contributed by atoms with Crippen LogP contribution in [-0.4, -0.2) is 15.0 Å². The molecule has 260 valence electrons. The first kappa shape index (κ1) is 30.8. The van der Waals surface area contributed by atoms with Crippen molar-refractivity contribution in [2.75, 3.05) is 0 Å². The predicted molar refractivity (Wildman–Crippen MR) is 218 cm³/mol. The molecule has 4 fully saturated rings. The van der Waals surface area contributed by atoms with Crippen LogP contribution in [0.2, 0.25) is 0 Å². The maximum absolute atomic E-state index is 5.46. The van der Waals surface area contributed by atoms with E-state index in [1.807, 2.05) is 0 Å². The molecule has 6 aliphatic carbocycles. The Bertz CT molecular complexity index is 2690. The fourth-order valence-electron chi connectivity index (χ4n) is 12.4. The minimum Gasteiger partial charge on any atom is -0.208 e. The van der Waals surface area contributed by atoms with E-state index in [1.54, 1.807) is 5.56 Å². The Morgan fingerprint density at radius 1 is 0.463 bits per heavy atom. The first-order valence-corrected chi connectivity index (χ1v) is 19.9. The van der Waals surface area contributed by atoms with Crippen molar-refractivity contribution in [1.29, 1.82) is 0 Å². The van der Waals surface area contributed by atoms with Gasteiger partial charge in [0.05, 0.1) is 0 Å². The standard InChI is InChI=1S/C51H41N3/c1-50(2)41-22-8-7-18-39(41)45-36(19-12-24-43(45)50)32-15-10-16-33(28-32)48-52-47(31-13-4-3-5-14-31)53-49(54-48)40-21-11-20-38-37-17-6-9-23-42(37)51(46(38)40)35-26-30-25-34(29-35)44(51)27-30/h3-24,28,30,34-35,44H,25-27,29H2,1-2H3. The van der Waals surface area contributed by atoms with Crippen LogP contribution in [0.5, 0.6) is 0 Å². The summed E-state index contributed by atoms with van der Waals surface area (Å²) in [6, 6.07) is 51.2. The first-order valence-electron chi connectivity index (χ1n) is 19.9. The van der Waals surface area contributed by atoms with Gasteiger partial charge >= 0.3 is 0 Å². The fraction of sp³-hybridized carbons (Fsp3) is 0.235. The largest absolute Gasteiger partial charge is 0.208 e. The van der Waals surface area contributed by atoms with E-state index in [2.05, 4.69) is 153 Å². The van der Waals surface area contributed by atoms with E-state index in [-0.39, 0.29) is 10.8 Å². The quantitative estimate of drug-likeness (QED) is 0.184. The Balaban J connectivity index is 1.06. The molecule has 6 aromatic carbocycles. The van der Waals surface area contributed by atoms with Crippen LogP contribution in [0, 0.1) is 23.7 Å². The Labute approximate surface area is 317 Å². The highest BCUT2D eigenvalue weighted by atomic mass is 15.0. The van der Waals surface area contributed by atoms with Crippen LogP contribution in [0.25, 0.3) is 67.5 Å². The van der Waals surface area contributed by atoms with Crippen LogP contribution in [0.4, 0.5) is 0 Å². The van der Waals surface area contributed by atoms with Crippen molar-refractivity contribution in [2.45, 2.75) is 50.4 Å². The lowest BCUT2D eigenvalue weighted by molar-refractivity contribution is 0.191. The summed E-state index contributed by atoms with van der Waals surface area (Å²) in [7, 11) is 0. The number of benzene rings is 6. The average molecular weight is 696 g/mol. The number of hydrogen-bond donors (Lipinski definition) is 0. The SMILES string of the molecule is CC1(C)c2ccccc2-c2c(-c3cccc(-c4nc(-c5ccccc5)nc(-c5cccc6c5C5(c7ccccc7-6)C6CC7CC(C6)C5C7)n4)c3)cccc21. The number of rotatable bonds is 4. The molecule has 5 unspecified atom stereocenters. The summed E-state index contributed by atoms with van der Waals surface area (Å²) in [5.74, 6) is 5.25. The lowest BCUT2D eigenvalue weighted by Crippen LogP contribution is -2.40. The van der Waals surface area contributed by atoms with Gasteiger partial charge in [-0.1, -0.05) is 147 Å². The van der Waals surface area contributed by atoms with Crippen molar-refractivity contribution < 1.29 is 0 Å². The van der Waals surface area contributed by atoms with Gasteiger partial charge in [-0.05, 0) is 111 Å². The molecule has 4 bridgehead atoms. The highest BCUT2D eigenvalue weighted by Crippen LogP contribution is 2.73. The van der Waals surface area contributed by atoms with Crippen molar-refractivity contribution in [3.8, 4) is 67.5 Å².